The highest BCUT2D eigenvalue weighted by molar-refractivity contribution is 5.32. The maximum Gasteiger partial charge on any atom is 0.118 e. The molecule has 3 rings (SSSR count). The van der Waals surface area contributed by atoms with Crippen molar-refractivity contribution in [1.82, 2.24) is 5.32 Å². The quantitative estimate of drug-likeness (QED) is 0.861. The average Bonchev–Trinajstić information content (AvgIpc) is 2.57. The molecule has 1 atom stereocenters. The van der Waals surface area contributed by atoms with E-state index in [4.69, 9.17) is 9.47 Å². The van der Waals surface area contributed by atoms with E-state index in [0.717, 1.165) is 31.8 Å². The molecule has 0 amide bonds. The summed E-state index contributed by atoms with van der Waals surface area (Å²) in [5.41, 5.74) is 1.39. The number of rotatable bonds is 4. The zero-order valence-corrected chi connectivity index (χ0v) is 12.8. The largest absolute Gasteiger partial charge is 0.497 e. The minimum Gasteiger partial charge on any atom is -0.497 e. The maximum absolute atomic E-state index is 5.60. The van der Waals surface area contributed by atoms with Crippen LogP contribution in [0.1, 0.15) is 37.7 Å². The van der Waals surface area contributed by atoms with Gasteiger partial charge in [-0.25, -0.2) is 0 Å². The molecule has 0 aromatic heterocycles. The van der Waals surface area contributed by atoms with Gasteiger partial charge in [0, 0.05) is 24.8 Å². The summed E-state index contributed by atoms with van der Waals surface area (Å²) >= 11 is 0. The van der Waals surface area contributed by atoms with Crippen LogP contribution in [0.5, 0.6) is 5.75 Å². The van der Waals surface area contributed by atoms with Crippen molar-refractivity contribution in [1.29, 1.82) is 0 Å². The number of benzene rings is 1. The number of allylic oxidation sites excluding steroid dienone is 1. The van der Waals surface area contributed by atoms with E-state index >= 15 is 0 Å². The molecule has 1 aliphatic carbocycles. The van der Waals surface area contributed by atoms with E-state index in [1.54, 1.807) is 7.11 Å². The Bertz CT molecular complexity index is 474. The number of nitrogens with one attached hydrogen (secondary N) is 1. The minimum absolute atomic E-state index is 0.0386. The van der Waals surface area contributed by atoms with Crippen LogP contribution in [-0.2, 0) is 10.3 Å². The third-order valence-electron chi connectivity index (χ3n) is 4.70. The summed E-state index contributed by atoms with van der Waals surface area (Å²) in [6.07, 6.45) is 10.4. The third kappa shape index (κ3) is 3.30. The van der Waals surface area contributed by atoms with Crippen LogP contribution in [0.25, 0.3) is 0 Å². The SMILES string of the molecule is COc1ccc(C2(N[C@H]3C=CCCC3)CCOCC2)cc1. The Labute approximate surface area is 127 Å². The van der Waals surface area contributed by atoms with Crippen LogP contribution in [0.2, 0.25) is 0 Å². The van der Waals surface area contributed by atoms with Crippen molar-refractivity contribution in [2.24, 2.45) is 0 Å². The maximum atomic E-state index is 5.60. The summed E-state index contributed by atoms with van der Waals surface area (Å²) in [5, 5.41) is 3.92. The standard InChI is InChI=1S/C18H25NO2/c1-20-17-9-7-15(8-10-17)18(11-13-21-14-12-18)19-16-5-3-2-4-6-16/h3,5,7-10,16,19H,2,4,6,11-14H2,1H3/t16-/m0/s1. The van der Waals surface area contributed by atoms with Gasteiger partial charge >= 0.3 is 0 Å². The van der Waals surface area contributed by atoms with E-state index in [1.807, 2.05) is 0 Å². The van der Waals surface area contributed by atoms with Crippen LogP contribution < -0.4 is 10.1 Å². The molecule has 1 aliphatic heterocycles. The predicted octanol–water partition coefficient (Wildman–Crippen LogP) is 3.40. The molecule has 21 heavy (non-hydrogen) atoms. The third-order valence-corrected chi connectivity index (χ3v) is 4.70. The molecule has 0 unspecified atom stereocenters. The zero-order valence-electron chi connectivity index (χ0n) is 12.8. The monoisotopic (exact) mass is 287 g/mol. The molecule has 1 heterocycles. The highest BCUT2D eigenvalue weighted by atomic mass is 16.5. The van der Waals surface area contributed by atoms with Gasteiger partial charge in [-0.15, -0.1) is 0 Å². The Hall–Kier alpha value is -1.32. The Morgan fingerprint density at radius 3 is 2.57 bits per heavy atom. The molecule has 1 fully saturated rings. The van der Waals surface area contributed by atoms with Gasteiger partial charge in [-0.2, -0.15) is 0 Å². The molecule has 0 saturated carbocycles. The molecule has 1 saturated heterocycles. The van der Waals surface area contributed by atoms with Crippen molar-refractivity contribution in [3.05, 3.63) is 42.0 Å². The number of ether oxygens (including phenoxy) is 2. The zero-order chi connectivity index (χ0) is 14.5. The van der Waals surface area contributed by atoms with Crippen molar-refractivity contribution in [2.45, 2.75) is 43.7 Å². The van der Waals surface area contributed by atoms with Gasteiger partial charge in [-0.05, 0) is 49.8 Å². The lowest BCUT2D eigenvalue weighted by molar-refractivity contribution is 0.0330. The van der Waals surface area contributed by atoms with E-state index in [9.17, 15) is 0 Å². The van der Waals surface area contributed by atoms with E-state index in [0.29, 0.717) is 6.04 Å². The molecule has 0 bridgehead atoms. The number of hydrogen-bond donors (Lipinski definition) is 1. The molecule has 3 nitrogen and oxygen atoms in total. The Morgan fingerprint density at radius 1 is 1.19 bits per heavy atom. The van der Waals surface area contributed by atoms with Crippen LogP contribution >= 0.6 is 0 Å². The topological polar surface area (TPSA) is 30.5 Å². The highest BCUT2D eigenvalue weighted by Gasteiger charge is 2.35. The number of hydrogen-bond acceptors (Lipinski definition) is 3. The molecule has 1 N–H and O–H groups in total. The molecule has 0 radical (unpaired) electrons. The second kappa shape index (κ2) is 6.63. The van der Waals surface area contributed by atoms with E-state index in [2.05, 4.69) is 41.7 Å². The Morgan fingerprint density at radius 2 is 1.95 bits per heavy atom. The summed E-state index contributed by atoms with van der Waals surface area (Å²) in [4.78, 5) is 0. The van der Waals surface area contributed by atoms with Crippen molar-refractivity contribution < 1.29 is 9.47 Å². The second-order valence-corrected chi connectivity index (χ2v) is 6.03. The summed E-state index contributed by atoms with van der Waals surface area (Å²) in [6, 6.07) is 9.00. The molecule has 3 heteroatoms. The second-order valence-electron chi connectivity index (χ2n) is 6.03. The first-order chi connectivity index (χ1) is 10.3. The number of methoxy groups -OCH3 is 1. The fourth-order valence-electron chi connectivity index (χ4n) is 3.43. The smallest absolute Gasteiger partial charge is 0.118 e. The minimum atomic E-state index is 0.0386. The summed E-state index contributed by atoms with van der Waals surface area (Å²) in [5.74, 6) is 0.915. The lowest BCUT2D eigenvalue weighted by atomic mass is 9.81. The molecular formula is C18H25NO2. The van der Waals surface area contributed by atoms with Crippen LogP contribution in [0, 0.1) is 0 Å². The summed E-state index contributed by atoms with van der Waals surface area (Å²) < 4.78 is 10.9. The van der Waals surface area contributed by atoms with E-state index in [1.165, 1.54) is 24.8 Å². The molecule has 1 aromatic rings. The van der Waals surface area contributed by atoms with Crippen LogP contribution in [0.3, 0.4) is 0 Å². The summed E-state index contributed by atoms with van der Waals surface area (Å²) in [7, 11) is 1.71. The Balaban J connectivity index is 1.84. The van der Waals surface area contributed by atoms with E-state index < -0.39 is 0 Å². The van der Waals surface area contributed by atoms with Gasteiger partial charge in [0.1, 0.15) is 5.75 Å². The molecular weight excluding hydrogens is 262 g/mol. The first kappa shape index (κ1) is 14.6. The van der Waals surface area contributed by atoms with Gasteiger partial charge in [0.15, 0.2) is 0 Å². The first-order valence-electron chi connectivity index (χ1n) is 7.99. The molecule has 2 aliphatic rings. The van der Waals surface area contributed by atoms with Gasteiger partial charge in [0.05, 0.1) is 7.11 Å². The van der Waals surface area contributed by atoms with Crippen molar-refractivity contribution >= 4 is 0 Å². The van der Waals surface area contributed by atoms with Crippen molar-refractivity contribution in [2.75, 3.05) is 20.3 Å². The van der Waals surface area contributed by atoms with Crippen LogP contribution in [-0.4, -0.2) is 26.4 Å². The first-order valence-corrected chi connectivity index (χ1v) is 7.99. The van der Waals surface area contributed by atoms with Crippen LogP contribution in [0.15, 0.2) is 36.4 Å². The highest BCUT2D eigenvalue weighted by Crippen LogP contribution is 2.34. The fraction of sp³-hybridized carbons (Fsp3) is 0.556. The molecule has 1 aromatic carbocycles. The van der Waals surface area contributed by atoms with E-state index in [-0.39, 0.29) is 5.54 Å². The van der Waals surface area contributed by atoms with Crippen molar-refractivity contribution in [3.8, 4) is 5.75 Å². The Kier molecular flexibility index (Phi) is 4.61. The van der Waals surface area contributed by atoms with Crippen LogP contribution in [0.4, 0.5) is 0 Å². The van der Waals surface area contributed by atoms with Crippen molar-refractivity contribution in [3.63, 3.8) is 0 Å². The van der Waals surface area contributed by atoms with Gasteiger partial charge < -0.3 is 14.8 Å². The molecule has 0 spiro atoms. The normalized spacial score (nSPS) is 24.7. The van der Waals surface area contributed by atoms with Gasteiger partial charge in [0.25, 0.3) is 0 Å². The lowest BCUT2D eigenvalue weighted by Gasteiger charge is -2.41. The van der Waals surface area contributed by atoms with Gasteiger partial charge in [-0.1, -0.05) is 24.3 Å². The summed E-state index contributed by atoms with van der Waals surface area (Å²) in [6.45, 7) is 1.66. The predicted molar refractivity (Wildman–Crippen MR) is 84.6 cm³/mol. The van der Waals surface area contributed by atoms with Gasteiger partial charge in [-0.3, -0.25) is 0 Å². The fourth-order valence-corrected chi connectivity index (χ4v) is 3.43. The van der Waals surface area contributed by atoms with Gasteiger partial charge in [0.2, 0.25) is 0 Å². The average molecular weight is 287 g/mol. The molecule has 114 valence electrons. The lowest BCUT2D eigenvalue weighted by Crippen LogP contribution is -2.51.